The van der Waals surface area contributed by atoms with E-state index in [9.17, 15) is 13.2 Å². The van der Waals surface area contributed by atoms with E-state index in [2.05, 4.69) is 10.1 Å². The standard InChI is InChI=1S/C17H10ClF3N2O/c18-14-7-2-1-4-11(14)8-9-15-22-16(23-24-15)12-5-3-6-13(10-12)17(19,20)21/h1-10H/b9-8+. The van der Waals surface area contributed by atoms with E-state index in [0.717, 1.165) is 17.7 Å². The summed E-state index contributed by atoms with van der Waals surface area (Å²) in [5.74, 6) is 0.252. The fourth-order valence-electron chi connectivity index (χ4n) is 2.03. The van der Waals surface area contributed by atoms with Gasteiger partial charge in [-0.2, -0.15) is 18.2 Å². The van der Waals surface area contributed by atoms with Gasteiger partial charge < -0.3 is 4.52 Å². The number of alkyl halides is 3. The van der Waals surface area contributed by atoms with Crippen molar-refractivity contribution in [3.8, 4) is 11.4 Å². The van der Waals surface area contributed by atoms with Crippen molar-refractivity contribution >= 4 is 23.8 Å². The van der Waals surface area contributed by atoms with Crippen LogP contribution >= 0.6 is 11.6 Å². The molecule has 7 heteroatoms. The molecule has 0 unspecified atom stereocenters. The zero-order valence-electron chi connectivity index (χ0n) is 12.1. The van der Waals surface area contributed by atoms with Gasteiger partial charge in [-0.15, -0.1) is 0 Å². The zero-order chi connectivity index (χ0) is 17.2. The second-order valence-corrected chi connectivity index (χ2v) is 5.30. The van der Waals surface area contributed by atoms with Gasteiger partial charge in [0.1, 0.15) is 0 Å². The van der Waals surface area contributed by atoms with Crippen molar-refractivity contribution in [1.29, 1.82) is 0 Å². The first-order valence-electron chi connectivity index (χ1n) is 6.87. The van der Waals surface area contributed by atoms with Gasteiger partial charge in [0, 0.05) is 16.7 Å². The molecule has 1 aromatic heterocycles. The fourth-order valence-corrected chi connectivity index (χ4v) is 2.22. The summed E-state index contributed by atoms with van der Waals surface area (Å²) in [6.07, 6.45) is -1.19. The zero-order valence-corrected chi connectivity index (χ0v) is 12.8. The van der Waals surface area contributed by atoms with Crippen molar-refractivity contribution in [1.82, 2.24) is 10.1 Å². The third-order valence-electron chi connectivity index (χ3n) is 3.20. The molecular weight excluding hydrogens is 341 g/mol. The molecule has 0 aliphatic rings. The van der Waals surface area contributed by atoms with E-state index < -0.39 is 11.7 Å². The van der Waals surface area contributed by atoms with Crippen LogP contribution in [-0.2, 0) is 6.18 Å². The average Bonchev–Trinajstić information content (AvgIpc) is 3.02. The Morgan fingerprint density at radius 3 is 2.54 bits per heavy atom. The first kappa shape index (κ1) is 16.3. The number of halogens is 4. The van der Waals surface area contributed by atoms with Gasteiger partial charge >= 0.3 is 6.18 Å². The minimum atomic E-state index is -4.42. The summed E-state index contributed by atoms with van der Waals surface area (Å²) in [5, 5.41) is 4.27. The summed E-state index contributed by atoms with van der Waals surface area (Å²) >= 11 is 6.03. The highest BCUT2D eigenvalue weighted by atomic mass is 35.5. The molecule has 122 valence electrons. The van der Waals surface area contributed by atoms with Crippen LogP contribution in [-0.4, -0.2) is 10.1 Å². The lowest BCUT2D eigenvalue weighted by Gasteiger charge is -2.06. The third-order valence-corrected chi connectivity index (χ3v) is 3.54. The van der Waals surface area contributed by atoms with Crippen molar-refractivity contribution in [2.75, 3.05) is 0 Å². The molecule has 0 bridgehead atoms. The molecule has 0 aliphatic carbocycles. The molecule has 0 amide bonds. The fraction of sp³-hybridized carbons (Fsp3) is 0.0588. The molecular formula is C17H10ClF3N2O. The summed E-state index contributed by atoms with van der Waals surface area (Å²) in [7, 11) is 0. The highest BCUT2D eigenvalue weighted by molar-refractivity contribution is 6.32. The van der Waals surface area contributed by atoms with Crippen LogP contribution < -0.4 is 0 Å². The van der Waals surface area contributed by atoms with Crippen LogP contribution in [0, 0.1) is 0 Å². The predicted molar refractivity (Wildman–Crippen MR) is 85.1 cm³/mol. The smallest absolute Gasteiger partial charge is 0.334 e. The lowest BCUT2D eigenvalue weighted by Crippen LogP contribution is -2.04. The minimum absolute atomic E-state index is 0.0832. The summed E-state index contributed by atoms with van der Waals surface area (Å²) in [5.41, 5.74) is 0.224. The van der Waals surface area contributed by atoms with E-state index in [1.54, 1.807) is 24.3 Å². The normalized spacial score (nSPS) is 12.0. The molecule has 0 saturated heterocycles. The molecule has 0 fully saturated rings. The monoisotopic (exact) mass is 350 g/mol. The summed E-state index contributed by atoms with van der Waals surface area (Å²) < 4.78 is 43.3. The van der Waals surface area contributed by atoms with E-state index in [0.29, 0.717) is 5.02 Å². The number of hydrogen-bond acceptors (Lipinski definition) is 3. The maximum atomic E-state index is 12.7. The summed E-state index contributed by atoms with van der Waals surface area (Å²) in [6, 6.07) is 11.9. The van der Waals surface area contributed by atoms with E-state index in [1.165, 1.54) is 12.1 Å². The highest BCUT2D eigenvalue weighted by Gasteiger charge is 2.30. The van der Waals surface area contributed by atoms with E-state index in [4.69, 9.17) is 16.1 Å². The number of rotatable bonds is 3. The van der Waals surface area contributed by atoms with Crippen LogP contribution in [0.15, 0.2) is 53.1 Å². The third kappa shape index (κ3) is 3.65. The van der Waals surface area contributed by atoms with Gasteiger partial charge in [0.25, 0.3) is 5.89 Å². The van der Waals surface area contributed by atoms with Gasteiger partial charge in [-0.25, -0.2) is 0 Å². The molecule has 0 saturated carbocycles. The van der Waals surface area contributed by atoms with Crippen LogP contribution in [0.4, 0.5) is 13.2 Å². The molecule has 2 aromatic carbocycles. The second-order valence-electron chi connectivity index (χ2n) is 4.89. The molecule has 24 heavy (non-hydrogen) atoms. The van der Waals surface area contributed by atoms with E-state index in [-0.39, 0.29) is 17.3 Å². The average molecular weight is 351 g/mol. The Balaban J connectivity index is 1.85. The first-order chi connectivity index (χ1) is 11.4. The Hall–Kier alpha value is -2.60. The summed E-state index contributed by atoms with van der Waals surface area (Å²) in [4.78, 5) is 4.07. The molecule has 3 rings (SSSR count). The number of hydrogen-bond donors (Lipinski definition) is 0. The molecule has 0 aliphatic heterocycles. The van der Waals surface area contributed by atoms with Gasteiger partial charge in [0.2, 0.25) is 5.82 Å². The second kappa shape index (κ2) is 6.49. The Bertz CT molecular complexity index is 887. The maximum absolute atomic E-state index is 12.7. The van der Waals surface area contributed by atoms with Gasteiger partial charge in [0.15, 0.2) is 0 Å². The van der Waals surface area contributed by atoms with Crippen molar-refractivity contribution in [2.24, 2.45) is 0 Å². The summed E-state index contributed by atoms with van der Waals surface area (Å²) in [6.45, 7) is 0. The molecule has 3 aromatic rings. The predicted octanol–water partition coefficient (Wildman–Crippen LogP) is 5.58. The lowest BCUT2D eigenvalue weighted by molar-refractivity contribution is -0.137. The minimum Gasteiger partial charge on any atom is -0.334 e. The van der Waals surface area contributed by atoms with Crippen LogP contribution in [0.5, 0.6) is 0 Å². The van der Waals surface area contributed by atoms with Crippen LogP contribution in [0.25, 0.3) is 23.5 Å². The number of benzene rings is 2. The molecule has 0 spiro atoms. The lowest BCUT2D eigenvalue weighted by atomic mass is 10.1. The molecule has 3 nitrogen and oxygen atoms in total. The Morgan fingerprint density at radius 2 is 1.79 bits per heavy atom. The molecule has 0 radical (unpaired) electrons. The quantitative estimate of drug-likeness (QED) is 0.619. The van der Waals surface area contributed by atoms with Gasteiger partial charge in [0.05, 0.1) is 5.56 Å². The van der Waals surface area contributed by atoms with E-state index in [1.807, 2.05) is 12.1 Å². The van der Waals surface area contributed by atoms with Crippen LogP contribution in [0.3, 0.4) is 0 Å². The molecule has 1 heterocycles. The molecule has 0 atom stereocenters. The van der Waals surface area contributed by atoms with Crippen molar-refractivity contribution in [3.05, 3.63) is 70.6 Å². The van der Waals surface area contributed by atoms with Crippen molar-refractivity contribution in [2.45, 2.75) is 6.18 Å². The maximum Gasteiger partial charge on any atom is 0.416 e. The first-order valence-corrected chi connectivity index (χ1v) is 7.25. The van der Waals surface area contributed by atoms with Crippen molar-refractivity contribution in [3.63, 3.8) is 0 Å². The Kier molecular flexibility index (Phi) is 4.40. The van der Waals surface area contributed by atoms with Gasteiger partial charge in [-0.05, 0) is 29.8 Å². The highest BCUT2D eigenvalue weighted by Crippen LogP contribution is 2.31. The number of nitrogens with zero attached hydrogens (tertiary/aromatic N) is 2. The largest absolute Gasteiger partial charge is 0.416 e. The van der Waals surface area contributed by atoms with E-state index >= 15 is 0 Å². The Labute approximate surface area is 140 Å². The van der Waals surface area contributed by atoms with Gasteiger partial charge in [-0.3, -0.25) is 0 Å². The van der Waals surface area contributed by atoms with Crippen LogP contribution in [0.2, 0.25) is 5.02 Å². The SMILES string of the molecule is FC(F)(F)c1cccc(-c2noc(/C=C/c3ccccc3Cl)n2)c1. The van der Waals surface area contributed by atoms with Crippen molar-refractivity contribution < 1.29 is 17.7 Å². The number of aromatic nitrogens is 2. The molecule has 0 N–H and O–H groups in total. The topological polar surface area (TPSA) is 38.9 Å². The van der Waals surface area contributed by atoms with Crippen LogP contribution in [0.1, 0.15) is 17.0 Å². The van der Waals surface area contributed by atoms with Gasteiger partial charge in [-0.1, -0.05) is 47.1 Å². The Morgan fingerprint density at radius 1 is 1.00 bits per heavy atom.